The molecule has 0 spiro atoms. The van der Waals surface area contributed by atoms with Crippen LogP contribution in [0.15, 0.2) is 21.6 Å². The number of hydrogen-bond acceptors (Lipinski definition) is 3. The van der Waals surface area contributed by atoms with Crippen molar-refractivity contribution >= 4 is 51.2 Å². The minimum atomic E-state index is 0.397. The number of benzene rings is 1. The van der Waals surface area contributed by atoms with Crippen LogP contribution in [-0.2, 0) is 4.84 Å². The smallest absolute Gasteiger partial charge is 0.152 e. The van der Waals surface area contributed by atoms with Crippen LogP contribution in [0.1, 0.15) is 0 Å². The van der Waals surface area contributed by atoms with E-state index in [1.807, 2.05) is 0 Å². The zero-order chi connectivity index (χ0) is 12.7. The minimum absolute atomic E-state index is 0.397. The lowest BCUT2D eigenvalue weighted by molar-refractivity contribution is 0.148. The van der Waals surface area contributed by atoms with Crippen molar-refractivity contribution in [3.05, 3.63) is 21.6 Å². The minimum Gasteiger partial charge on any atom is -0.490 e. The van der Waals surface area contributed by atoms with Crippen LogP contribution in [0.3, 0.4) is 0 Å². The van der Waals surface area contributed by atoms with Gasteiger partial charge in [0, 0.05) is 0 Å². The van der Waals surface area contributed by atoms with Crippen LogP contribution in [0.2, 0.25) is 5.02 Å². The average Bonchev–Trinajstić information content (AvgIpc) is 2.28. The summed E-state index contributed by atoms with van der Waals surface area (Å²) < 4.78 is 6.12. The van der Waals surface area contributed by atoms with Gasteiger partial charge in [0.2, 0.25) is 0 Å². The highest BCUT2D eigenvalue weighted by Crippen LogP contribution is 2.37. The van der Waals surface area contributed by atoms with E-state index >= 15 is 0 Å². The molecule has 0 bridgehead atoms. The van der Waals surface area contributed by atoms with Crippen molar-refractivity contribution in [3.8, 4) is 5.75 Å². The van der Waals surface area contributed by atoms with Crippen molar-refractivity contribution in [2.24, 2.45) is 4.99 Å². The molecule has 4 nitrogen and oxygen atoms in total. The van der Waals surface area contributed by atoms with Gasteiger partial charge in [-0.05, 0) is 28.1 Å². The van der Waals surface area contributed by atoms with Crippen molar-refractivity contribution < 1.29 is 9.57 Å². The van der Waals surface area contributed by atoms with Gasteiger partial charge in [-0.25, -0.2) is 4.99 Å². The van der Waals surface area contributed by atoms with Crippen LogP contribution in [-0.4, -0.2) is 25.9 Å². The third-order valence-electron chi connectivity index (χ3n) is 1.69. The summed E-state index contributed by atoms with van der Waals surface area (Å²) in [6, 6.07) is 3.47. The fraction of sp³-hybridized carbons (Fsp3) is 0.300. The number of rotatable bonds is 6. The van der Waals surface area contributed by atoms with Gasteiger partial charge in [0.1, 0.15) is 12.9 Å². The van der Waals surface area contributed by atoms with E-state index in [9.17, 15) is 0 Å². The third-order valence-corrected chi connectivity index (χ3v) is 2.71. The molecule has 1 aromatic rings. The van der Waals surface area contributed by atoms with E-state index in [0.29, 0.717) is 28.9 Å². The first-order chi connectivity index (χ1) is 8.19. The molecule has 7 heteroatoms. The fourth-order valence-corrected chi connectivity index (χ4v) is 2.08. The highest BCUT2D eigenvalue weighted by atomic mass is 79.9. The van der Waals surface area contributed by atoms with Gasteiger partial charge in [-0.3, -0.25) is 10.3 Å². The van der Waals surface area contributed by atoms with E-state index in [2.05, 4.69) is 31.2 Å². The molecular formula is C10H11BrCl2N2O2. The Morgan fingerprint density at radius 2 is 2.29 bits per heavy atom. The predicted octanol–water partition coefficient (Wildman–Crippen LogP) is 3.53. The van der Waals surface area contributed by atoms with Gasteiger partial charge >= 0.3 is 0 Å². The summed E-state index contributed by atoms with van der Waals surface area (Å²) in [7, 11) is 1.50. The van der Waals surface area contributed by atoms with E-state index < -0.39 is 0 Å². The lowest BCUT2D eigenvalue weighted by Crippen LogP contribution is -2.07. The molecule has 0 saturated carbocycles. The first kappa shape index (κ1) is 14.6. The fourth-order valence-electron chi connectivity index (χ4n) is 1.05. The van der Waals surface area contributed by atoms with E-state index in [1.54, 1.807) is 12.1 Å². The Morgan fingerprint density at radius 1 is 1.53 bits per heavy atom. The summed E-state index contributed by atoms with van der Waals surface area (Å²) in [6.45, 7) is 0.397. The molecule has 17 heavy (non-hydrogen) atoms. The van der Waals surface area contributed by atoms with Gasteiger partial charge < -0.3 is 4.74 Å². The number of nitrogens with one attached hydrogen (secondary N) is 1. The van der Waals surface area contributed by atoms with Crippen LogP contribution in [0.5, 0.6) is 5.75 Å². The molecule has 0 aromatic heterocycles. The Kier molecular flexibility index (Phi) is 6.65. The molecule has 0 aliphatic rings. The molecule has 1 N–H and O–H groups in total. The van der Waals surface area contributed by atoms with Crippen molar-refractivity contribution in [2.75, 3.05) is 19.6 Å². The summed E-state index contributed by atoms with van der Waals surface area (Å²) in [5.74, 6) is 0.964. The maximum Gasteiger partial charge on any atom is 0.152 e. The molecule has 0 aliphatic carbocycles. The number of halogens is 3. The molecule has 0 amide bonds. The molecule has 0 saturated heterocycles. The summed E-state index contributed by atoms with van der Waals surface area (Å²) in [5, 5.41) is 0.467. The molecule has 0 unspecified atom stereocenters. The second-order valence-corrected chi connectivity index (χ2v) is 4.50. The second kappa shape index (κ2) is 7.76. The summed E-state index contributed by atoms with van der Waals surface area (Å²) in [5.41, 5.74) is 3.16. The van der Waals surface area contributed by atoms with E-state index in [4.69, 9.17) is 27.9 Å². The van der Waals surface area contributed by atoms with Crippen LogP contribution in [0.4, 0.5) is 5.69 Å². The largest absolute Gasteiger partial charge is 0.490 e. The zero-order valence-corrected chi connectivity index (χ0v) is 12.1. The van der Waals surface area contributed by atoms with Gasteiger partial charge in [-0.1, -0.05) is 11.6 Å². The second-order valence-electron chi connectivity index (χ2n) is 2.86. The third kappa shape index (κ3) is 4.71. The van der Waals surface area contributed by atoms with Gasteiger partial charge in [0.05, 0.1) is 28.2 Å². The van der Waals surface area contributed by atoms with Crippen LogP contribution >= 0.6 is 39.1 Å². The lowest BCUT2D eigenvalue weighted by atomic mass is 10.3. The molecule has 0 atom stereocenters. The van der Waals surface area contributed by atoms with E-state index in [0.717, 1.165) is 4.47 Å². The van der Waals surface area contributed by atoms with E-state index in [-0.39, 0.29) is 0 Å². The molecule has 1 aromatic carbocycles. The van der Waals surface area contributed by atoms with Crippen molar-refractivity contribution in [3.63, 3.8) is 0 Å². The molecule has 0 fully saturated rings. The number of ether oxygens (including phenoxy) is 1. The Labute approximate surface area is 118 Å². The molecule has 0 aliphatic heterocycles. The van der Waals surface area contributed by atoms with Crippen LogP contribution < -0.4 is 10.2 Å². The van der Waals surface area contributed by atoms with Gasteiger partial charge in [-0.2, -0.15) is 0 Å². The molecule has 1 rings (SSSR count). The predicted molar refractivity (Wildman–Crippen MR) is 73.7 cm³/mol. The first-order valence-corrected chi connectivity index (χ1v) is 6.38. The first-order valence-electron chi connectivity index (χ1n) is 4.68. The summed E-state index contributed by atoms with van der Waals surface area (Å²) in [4.78, 5) is 8.70. The van der Waals surface area contributed by atoms with Gasteiger partial charge in [0.15, 0.2) is 5.75 Å². The van der Waals surface area contributed by atoms with E-state index in [1.165, 1.54) is 13.4 Å². The van der Waals surface area contributed by atoms with Gasteiger partial charge in [0.25, 0.3) is 0 Å². The molecule has 0 heterocycles. The number of hydroxylamine groups is 1. The Morgan fingerprint density at radius 3 is 2.88 bits per heavy atom. The quantitative estimate of drug-likeness (QED) is 0.372. The molecule has 94 valence electrons. The number of nitrogens with zero attached hydrogens (tertiary/aromatic N) is 1. The zero-order valence-electron chi connectivity index (χ0n) is 9.04. The van der Waals surface area contributed by atoms with Crippen LogP contribution in [0, 0.1) is 0 Å². The van der Waals surface area contributed by atoms with Crippen molar-refractivity contribution in [1.82, 2.24) is 5.48 Å². The van der Waals surface area contributed by atoms with Crippen molar-refractivity contribution in [1.29, 1.82) is 0 Å². The Hall–Kier alpha value is -0.490. The molecule has 0 radical (unpaired) electrons. The average molecular weight is 342 g/mol. The number of hydrogen-bond donors (Lipinski definition) is 1. The lowest BCUT2D eigenvalue weighted by Gasteiger charge is -2.09. The number of alkyl halides is 1. The normalized spacial score (nSPS) is 10.8. The maximum absolute atomic E-state index is 6.06. The Bertz CT molecular complexity index is 379. The highest BCUT2D eigenvalue weighted by Gasteiger charge is 2.08. The van der Waals surface area contributed by atoms with Crippen LogP contribution in [0.25, 0.3) is 0 Å². The maximum atomic E-state index is 6.06. The van der Waals surface area contributed by atoms with Gasteiger partial charge in [-0.15, -0.1) is 11.6 Å². The molecular weight excluding hydrogens is 331 g/mol. The number of aliphatic imine (C=N–C) groups is 1. The SMILES string of the molecule is CONC=Nc1cc(Cl)c(OCCCl)c(Br)c1. The highest BCUT2D eigenvalue weighted by molar-refractivity contribution is 9.10. The summed E-state index contributed by atoms with van der Waals surface area (Å²) in [6.07, 6.45) is 1.41. The monoisotopic (exact) mass is 340 g/mol. The summed E-state index contributed by atoms with van der Waals surface area (Å²) >= 11 is 15.0. The Balaban J connectivity index is 2.85. The topological polar surface area (TPSA) is 42.8 Å². The van der Waals surface area contributed by atoms with Crippen molar-refractivity contribution in [2.45, 2.75) is 0 Å². The standard InChI is InChI=1S/C10H11BrCl2N2O2/c1-16-15-6-14-7-4-8(11)10(9(13)5-7)17-3-2-12/h4-6H,2-3H2,1H3,(H,14,15).